The van der Waals surface area contributed by atoms with Crippen molar-refractivity contribution in [2.75, 3.05) is 6.54 Å². The monoisotopic (exact) mass is 343 g/mol. The van der Waals surface area contributed by atoms with Crippen LogP contribution in [0.4, 0.5) is 0 Å². The van der Waals surface area contributed by atoms with Crippen LogP contribution in [0.1, 0.15) is 27.7 Å². The van der Waals surface area contributed by atoms with Crippen LogP contribution < -0.4 is 16.8 Å². The number of nitrogens with zero attached hydrogens (tertiary/aromatic N) is 1. The Morgan fingerprint density at radius 2 is 1.58 bits per heavy atom. The highest BCUT2D eigenvalue weighted by Gasteiger charge is 2.60. The fourth-order valence-electron chi connectivity index (χ4n) is 3.21. The second kappa shape index (κ2) is 5.81. The first-order chi connectivity index (χ1) is 11.1. The molecule has 0 aromatic carbocycles. The molecule has 6 N–H and O–H groups in total. The molecule has 3 aliphatic heterocycles. The molecular formula is C14H25N5O5. The predicted octanol–water partition coefficient (Wildman–Crippen LogP) is -0.819. The van der Waals surface area contributed by atoms with Gasteiger partial charge in [-0.2, -0.15) is 0 Å². The van der Waals surface area contributed by atoms with Crippen molar-refractivity contribution in [1.29, 1.82) is 5.41 Å². The van der Waals surface area contributed by atoms with Crippen molar-refractivity contribution in [2.45, 2.75) is 70.0 Å². The Bertz CT molecular complexity index is 552. The molecule has 0 aromatic rings. The van der Waals surface area contributed by atoms with E-state index in [2.05, 4.69) is 10.3 Å². The highest BCUT2D eigenvalue weighted by atomic mass is 16.9. The minimum atomic E-state index is -0.761. The summed E-state index contributed by atoms with van der Waals surface area (Å²) in [5.41, 5.74) is 10.9. The molecule has 3 saturated heterocycles. The zero-order valence-corrected chi connectivity index (χ0v) is 14.2. The van der Waals surface area contributed by atoms with Crippen LogP contribution in [-0.2, 0) is 23.7 Å². The number of fused-ring (bicyclic) bond motifs is 3. The summed E-state index contributed by atoms with van der Waals surface area (Å²) >= 11 is 0. The third kappa shape index (κ3) is 3.47. The Hall–Kier alpha value is -1.46. The van der Waals surface area contributed by atoms with Crippen molar-refractivity contribution in [3.8, 4) is 0 Å². The van der Waals surface area contributed by atoms with E-state index in [1.165, 1.54) is 0 Å². The van der Waals surface area contributed by atoms with E-state index in [0.29, 0.717) is 0 Å². The van der Waals surface area contributed by atoms with E-state index in [4.69, 9.17) is 40.6 Å². The molecule has 3 heterocycles. The molecule has 0 aliphatic carbocycles. The molecule has 10 nitrogen and oxygen atoms in total. The fourth-order valence-corrected chi connectivity index (χ4v) is 3.21. The number of ether oxygens (including phenoxy) is 5. The molecule has 0 radical (unpaired) electrons. The van der Waals surface area contributed by atoms with Crippen molar-refractivity contribution in [1.82, 2.24) is 5.32 Å². The summed E-state index contributed by atoms with van der Waals surface area (Å²) in [6.45, 7) is 7.54. The minimum Gasteiger partial charge on any atom is -0.370 e. The molecule has 3 unspecified atom stereocenters. The quantitative estimate of drug-likeness (QED) is 0.376. The number of aliphatic imine (C=N–C) groups is 1. The van der Waals surface area contributed by atoms with Gasteiger partial charge in [0, 0.05) is 0 Å². The highest BCUT2D eigenvalue weighted by molar-refractivity contribution is 5.95. The number of nitrogens with one attached hydrogen (secondary N) is 2. The number of hydrogen-bond donors (Lipinski definition) is 4. The van der Waals surface area contributed by atoms with Crippen molar-refractivity contribution >= 4 is 11.9 Å². The number of rotatable bonds is 2. The van der Waals surface area contributed by atoms with Crippen molar-refractivity contribution in [3.63, 3.8) is 0 Å². The van der Waals surface area contributed by atoms with Crippen LogP contribution in [0.25, 0.3) is 0 Å². The molecule has 0 saturated carbocycles. The Kier molecular flexibility index (Phi) is 4.21. The molecule has 0 amide bonds. The highest BCUT2D eigenvalue weighted by Crippen LogP contribution is 2.44. The number of hydrogen-bond acceptors (Lipinski definition) is 7. The molecule has 24 heavy (non-hydrogen) atoms. The van der Waals surface area contributed by atoms with Gasteiger partial charge < -0.3 is 35.2 Å². The van der Waals surface area contributed by atoms with Crippen molar-refractivity contribution in [2.24, 2.45) is 16.5 Å². The second-order valence-corrected chi connectivity index (χ2v) is 6.97. The van der Waals surface area contributed by atoms with E-state index in [9.17, 15) is 0 Å². The van der Waals surface area contributed by atoms with E-state index < -0.39 is 24.0 Å². The number of guanidine groups is 2. The maximum Gasteiger partial charge on any atom is 0.195 e. The summed E-state index contributed by atoms with van der Waals surface area (Å²) in [5.74, 6) is -1.76. The smallest absolute Gasteiger partial charge is 0.195 e. The number of nitrogens with two attached hydrogens (primary N) is 2. The van der Waals surface area contributed by atoms with Gasteiger partial charge in [0.1, 0.15) is 24.4 Å². The van der Waals surface area contributed by atoms with Gasteiger partial charge >= 0.3 is 0 Å². The SMILES string of the molecule is CC1(C)OC2C(CN=C(N)NC(=N)N)O[C@@H]3OC(C)(C)O[C@@H]3C2O1. The largest absolute Gasteiger partial charge is 0.370 e. The average Bonchev–Trinajstić information content (AvgIpc) is 2.89. The molecule has 0 aromatic heterocycles. The van der Waals surface area contributed by atoms with Gasteiger partial charge in [0.15, 0.2) is 29.8 Å². The summed E-state index contributed by atoms with van der Waals surface area (Å²) in [5, 5.41) is 9.57. The third-order valence-corrected chi connectivity index (χ3v) is 3.96. The van der Waals surface area contributed by atoms with Crippen molar-refractivity contribution in [3.05, 3.63) is 0 Å². The lowest BCUT2D eigenvalue weighted by Crippen LogP contribution is -2.56. The second-order valence-electron chi connectivity index (χ2n) is 6.97. The van der Waals surface area contributed by atoms with Gasteiger partial charge in [0.05, 0.1) is 6.54 Å². The predicted molar refractivity (Wildman–Crippen MR) is 84.1 cm³/mol. The Morgan fingerprint density at radius 1 is 1.00 bits per heavy atom. The third-order valence-electron chi connectivity index (χ3n) is 3.96. The average molecular weight is 343 g/mol. The van der Waals surface area contributed by atoms with Gasteiger partial charge in [0.25, 0.3) is 0 Å². The molecule has 0 spiro atoms. The van der Waals surface area contributed by atoms with Gasteiger partial charge in [-0.1, -0.05) is 0 Å². The van der Waals surface area contributed by atoms with E-state index in [-0.39, 0.29) is 36.8 Å². The van der Waals surface area contributed by atoms with Crippen LogP contribution in [0, 0.1) is 5.41 Å². The van der Waals surface area contributed by atoms with Crippen LogP contribution in [0.2, 0.25) is 0 Å². The van der Waals surface area contributed by atoms with Gasteiger partial charge in [-0.25, -0.2) is 0 Å². The Balaban J connectivity index is 1.76. The Morgan fingerprint density at radius 3 is 2.25 bits per heavy atom. The summed E-state index contributed by atoms with van der Waals surface area (Å²) in [7, 11) is 0. The molecule has 5 atom stereocenters. The van der Waals surface area contributed by atoms with Crippen LogP contribution in [0.15, 0.2) is 4.99 Å². The zero-order chi connectivity index (χ0) is 17.7. The summed E-state index contributed by atoms with van der Waals surface area (Å²) in [4.78, 5) is 4.15. The Labute approximate surface area is 140 Å². The van der Waals surface area contributed by atoms with E-state index in [0.717, 1.165) is 0 Å². The van der Waals surface area contributed by atoms with Gasteiger partial charge in [-0.05, 0) is 27.7 Å². The first-order valence-electron chi connectivity index (χ1n) is 7.84. The molecule has 0 bridgehead atoms. The summed E-state index contributed by atoms with van der Waals surface area (Å²) < 4.78 is 29.7. The lowest BCUT2D eigenvalue weighted by Gasteiger charge is -2.36. The van der Waals surface area contributed by atoms with Gasteiger partial charge in [-0.3, -0.25) is 15.7 Å². The molecule has 10 heteroatoms. The lowest BCUT2D eigenvalue weighted by molar-refractivity contribution is -0.231. The maximum absolute atomic E-state index is 7.15. The first-order valence-corrected chi connectivity index (χ1v) is 7.84. The standard InChI is InChI=1S/C14H25N5O5/c1-13(2)21-7-6(5-18-12(17)19-11(15)16)20-10-9(8(7)22-13)23-14(3,4)24-10/h6-10H,5H2,1-4H3,(H6,15,16,17,18,19)/t6?,7?,8?,9-,10-/m1/s1. The molecule has 3 rings (SSSR count). The minimum absolute atomic E-state index is 0.0341. The molecule has 136 valence electrons. The zero-order valence-electron chi connectivity index (χ0n) is 14.2. The van der Waals surface area contributed by atoms with E-state index in [1.807, 2.05) is 27.7 Å². The van der Waals surface area contributed by atoms with Crippen molar-refractivity contribution < 1.29 is 23.7 Å². The first kappa shape index (κ1) is 17.4. The van der Waals surface area contributed by atoms with Gasteiger partial charge in [0.2, 0.25) is 0 Å². The summed E-state index contributed by atoms with van der Waals surface area (Å²) in [6.07, 6.45) is -2.07. The van der Waals surface area contributed by atoms with E-state index >= 15 is 0 Å². The molecule has 3 aliphatic rings. The topological polar surface area (TPSA) is 146 Å². The summed E-state index contributed by atoms with van der Waals surface area (Å²) in [6, 6.07) is 0. The normalized spacial score (nSPS) is 40.0. The van der Waals surface area contributed by atoms with Crippen LogP contribution >= 0.6 is 0 Å². The maximum atomic E-state index is 7.15. The molecular weight excluding hydrogens is 318 g/mol. The fraction of sp³-hybridized carbons (Fsp3) is 0.857. The van der Waals surface area contributed by atoms with Crippen LogP contribution in [0.3, 0.4) is 0 Å². The lowest BCUT2D eigenvalue weighted by atomic mass is 9.99. The molecule has 3 fully saturated rings. The van der Waals surface area contributed by atoms with Crippen LogP contribution in [0.5, 0.6) is 0 Å². The van der Waals surface area contributed by atoms with E-state index in [1.54, 1.807) is 0 Å². The van der Waals surface area contributed by atoms with Crippen LogP contribution in [-0.4, -0.2) is 60.7 Å². The van der Waals surface area contributed by atoms with Gasteiger partial charge in [-0.15, -0.1) is 0 Å².